The van der Waals surface area contributed by atoms with E-state index in [0.717, 1.165) is 31.2 Å². The minimum absolute atomic E-state index is 0.0123. The summed E-state index contributed by atoms with van der Waals surface area (Å²) in [6.45, 7) is 1.09. The van der Waals surface area contributed by atoms with Crippen molar-refractivity contribution in [3.8, 4) is 11.3 Å². The molecule has 0 bridgehead atoms. The van der Waals surface area contributed by atoms with Gasteiger partial charge in [-0.25, -0.2) is 19.0 Å². The first-order valence-electron chi connectivity index (χ1n) is 12.6. The Bertz CT molecular complexity index is 1580. The Morgan fingerprint density at radius 1 is 1.08 bits per heavy atom. The van der Waals surface area contributed by atoms with Crippen LogP contribution in [0.5, 0.6) is 0 Å². The number of anilines is 1. The molecule has 2 atom stereocenters. The Labute approximate surface area is 216 Å². The van der Waals surface area contributed by atoms with Crippen LogP contribution in [-0.2, 0) is 11.8 Å². The van der Waals surface area contributed by atoms with Gasteiger partial charge in [-0.1, -0.05) is 11.6 Å². The normalized spacial score (nSPS) is 22.1. The molecule has 9 nitrogen and oxygen atoms in total. The summed E-state index contributed by atoms with van der Waals surface area (Å²) in [6, 6.07) is 4.90. The van der Waals surface area contributed by atoms with Crippen LogP contribution in [0.4, 0.5) is 10.3 Å². The predicted octanol–water partition coefficient (Wildman–Crippen LogP) is 4.07. The topological polar surface area (TPSA) is 91.0 Å². The molecule has 1 aliphatic heterocycles. The Hall–Kier alpha value is -3.37. The van der Waals surface area contributed by atoms with Crippen LogP contribution in [-0.4, -0.2) is 48.7 Å². The number of nitrogens with zero attached hydrogens (tertiary/aromatic N) is 7. The van der Waals surface area contributed by atoms with Gasteiger partial charge in [-0.05, 0) is 49.8 Å². The summed E-state index contributed by atoms with van der Waals surface area (Å²) in [5, 5.41) is 9.36. The van der Waals surface area contributed by atoms with E-state index in [0.29, 0.717) is 42.1 Å². The first-order valence-corrected chi connectivity index (χ1v) is 13.0. The third-order valence-corrected chi connectivity index (χ3v) is 7.68. The summed E-state index contributed by atoms with van der Waals surface area (Å²) in [5.41, 5.74) is 1.40. The van der Waals surface area contributed by atoms with E-state index in [2.05, 4.69) is 21.3 Å². The van der Waals surface area contributed by atoms with Crippen LogP contribution in [0.2, 0.25) is 5.02 Å². The smallest absolute Gasteiger partial charge is 0.293 e. The molecule has 0 amide bonds. The molecule has 11 heteroatoms. The zero-order valence-corrected chi connectivity index (χ0v) is 21.0. The van der Waals surface area contributed by atoms with E-state index in [1.54, 1.807) is 19.2 Å². The van der Waals surface area contributed by atoms with E-state index in [-0.39, 0.29) is 33.9 Å². The van der Waals surface area contributed by atoms with E-state index < -0.39 is 5.82 Å². The Morgan fingerprint density at radius 2 is 1.92 bits per heavy atom. The lowest BCUT2D eigenvalue weighted by molar-refractivity contribution is -0.0390. The van der Waals surface area contributed by atoms with Crippen LogP contribution in [0.25, 0.3) is 22.2 Å². The number of fused-ring (bicyclic) bond motifs is 1. The van der Waals surface area contributed by atoms with Crippen molar-refractivity contribution in [2.24, 2.45) is 13.0 Å². The highest BCUT2D eigenvalue weighted by Crippen LogP contribution is 2.41. The van der Waals surface area contributed by atoms with Gasteiger partial charge in [0.25, 0.3) is 5.56 Å². The molecule has 3 fully saturated rings. The van der Waals surface area contributed by atoms with Crippen LogP contribution < -0.4 is 10.5 Å². The maximum Gasteiger partial charge on any atom is 0.293 e. The van der Waals surface area contributed by atoms with Gasteiger partial charge in [0.1, 0.15) is 17.4 Å². The molecule has 0 N–H and O–H groups in total. The quantitative estimate of drug-likeness (QED) is 0.391. The Kier molecular flexibility index (Phi) is 5.30. The van der Waals surface area contributed by atoms with Crippen LogP contribution >= 0.6 is 11.6 Å². The van der Waals surface area contributed by atoms with Crippen molar-refractivity contribution in [1.82, 2.24) is 29.5 Å². The van der Waals surface area contributed by atoms with Gasteiger partial charge < -0.3 is 9.64 Å². The van der Waals surface area contributed by atoms with Crippen LogP contribution in [0.15, 0.2) is 41.6 Å². The van der Waals surface area contributed by atoms with Crippen LogP contribution in [0.3, 0.4) is 0 Å². The lowest BCUT2D eigenvalue weighted by atomic mass is 10.1. The van der Waals surface area contributed by atoms with Crippen molar-refractivity contribution in [3.05, 3.63) is 63.5 Å². The second-order valence-electron chi connectivity index (χ2n) is 10.2. The van der Waals surface area contributed by atoms with Crippen molar-refractivity contribution in [2.45, 2.75) is 43.9 Å². The molecular weight excluding hydrogens is 497 g/mol. The van der Waals surface area contributed by atoms with Gasteiger partial charge in [-0.3, -0.25) is 9.48 Å². The fourth-order valence-electron chi connectivity index (χ4n) is 5.04. The third-order valence-electron chi connectivity index (χ3n) is 7.45. The number of hydrogen-bond acceptors (Lipinski definition) is 7. The summed E-state index contributed by atoms with van der Waals surface area (Å²) in [5.74, 6) is 0.325. The van der Waals surface area contributed by atoms with Crippen molar-refractivity contribution in [1.29, 1.82) is 0 Å². The van der Waals surface area contributed by atoms with Gasteiger partial charge in [-0.15, -0.1) is 0 Å². The molecule has 2 unspecified atom stereocenters. The van der Waals surface area contributed by atoms with E-state index in [1.165, 1.54) is 16.9 Å². The highest BCUT2D eigenvalue weighted by molar-refractivity contribution is 6.30. The number of aryl methyl sites for hydroxylation is 1. The maximum atomic E-state index is 15.1. The van der Waals surface area contributed by atoms with Crippen molar-refractivity contribution in [2.75, 3.05) is 18.0 Å². The van der Waals surface area contributed by atoms with E-state index in [4.69, 9.17) is 26.3 Å². The van der Waals surface area contributed by atoms with E-state index >= 15 is 4.39 Å². The van der Waals surface area contributed by atoms with Crippen LogP contribution in [0, 0.1) is 11.7 Å². The first kappa shape index (κ1) is 22.8. The lowest BCUT2D eigenvalue weighted by Crippen LogP contribution is -2.46. The van der Waals surface area contributed by atoms with Gasteiger partial charge in [0, 0.05) is 35.9 Å². The molecule has 2 aliphatic carbocycles. The number of halogens is 2. The number of hydrogen-bond donors (Lipinski definition) is 0. The summed E-state index contributed by atoms with van der Waals surface area (Å²) in [4.78, 5) is 24.6. The molecular formula is C26H25ClFN7O2. The number of aromatic nitrogens is 6. The molecule has 4 aromatic rings. The summed E-state index contributed by atoms with van der Waals surface area (Å²) in [7, 11) is 1.57. The van der Waals surface area contributed by atoms with E-state index in [1.807, 2.05) is 10.9 Å². The number of morpholine rings is 1. The summed E-state index contributed by atoms with van der Waals surface area (Å²) < 4.78 is 24.8. The van der Waals surface area contributed by atoms with Gasteiger partial charge in [-0.2, -0.15) is 10.2 Å². The fourth-order valence-corrected chi connectivity index (χ4v) is 5.20. The monoisotopic (exact) mass is 521 g/mol. The van der Waals surface area contributed by atoms with E-state index in [9.17, 15) is 4.79 Å². The second-order valence-corrected chi connectivity index (χ2v) is 10.7. The zero-order chi connectivity index (χ0) is 25.3. The SMILES string of the molecule is Cn1ncc2c(-c3ccc(Cl)cc3F)nc(N3CC(c4cnn(C5CC5)c4)OC(C4CC4)C3)nc2c1=O. The van der Waals surface area contributed by atoms with Crippen molar-refractivity contribution < 1.29 is 9.13 Å². The fraction of sp³-hybridized carbons (Fsp3) is 0.423. The minimum Gasteiger partial charge on any atom is -0.366 e. The maximum absolute atomic E-state index is 15.1. The molecule has 1 aromatic carbocycles. The first-order chi connectivity index (χ1) is 17.9. The number of rotatable bonds is 5. The minimum atomic E-state index is -0.526. The number of benzene rings is 1. The van der Waals surface area contributed by atoms with Gasteiger partial charge in [0.2, 0.25) is 5.95 Å². The molecule has 0 radical (unpaired) electrons. The molecule has 190 valence electrons. The molecule has 3 aliphatic rings. The molecule has 7 rings (SSSR count). The molecule has 2 saturated carbocycles. The van der Waals surface area contributed by atoms with Gasteiger partial charge in [0.15, 0.2) is 0 Å². The molecule has 0 spiro atoms. The highest BCUT2D eigenvalue weighted by Gasteiger charge is 2.40. The number of ether oxygens (including phenoxy) is 1. The van der Waals surface area contributed by atoms with Gasteiger partial charge >= 0.3 is 0 Å². The summed E-state index contributed by atoms with van der Waals surface area (Å²) >= 11 is 6.01. The average Bonchev–Trinajstić information content (AvgIpc) is 3.84. The Morgan fingerprint density at radius 3 is 2.68 bits per heavy atom. The molecule has 37 heavy (non-hydrogen) atoms. The second kappa shape index (κ2) is 8.59. The lowest BCUT2D eigenvalue weighted by Gasteiger charge is -2.38. The predicted molar refractivity (Wildman–Crippen MR) is 136 cm³/mol. The summed E-state index contributed by atoms with van der Waals surface area (Å²) in [6.07, 6.45) is 9.83. The zero-order valence-electron chi connectivity index (χ0n) is 20.2. The standard InChI is InChI=1S/C26H25ClFN7O2/c1-33-25(36)24-19(10-29-33)23(18-7-4-16(27)8-20(18)28)31-26(32-24)34-12-21(14-2-3-14)37-22(13-34)15-9-30-35(11-15)17-5-6-17/h4,7-11,14,17,21-22H,2-3,5-6,12-13H2,1H3. The van der Waals surface area contributed by atoms with Gasteiger partial charge in [0.05, 0.1) is 42.2 Å². The highest BCUT2D eigenvalue weighted by atomic mass is 35.5. The third kappa shape index (κ3) is 4.18. The van der Waals surface area contributed by atoms with Crippen molar-refractivity contribution >= 4 is 28.5 Å². The molecule has 4 heterocycles. The van der Waals surface area contributed by atoms with Crippen molar-refractivity contribution in [3.63, 3.8) is 0 Å². The van der Waals surface area contributed by atoms with Crippen LogP contribution in [0.1, 0.15) is 43.4 Å². The largest absolute Gasteiger partial charge is 0.366 e. The molecule has 1 saturated heterocycles. The molecule has 3 aromatic heterocycles. The average molecular weight is 522 g/mol. The Balaban J connectivity index is 1.34.